The molecule has 35 heteroatoms. The van der Waals surface area contributed by atoms with E-state index in [2.05, 4.69) is 358 Å². The molecule has 1 amide bonds. The Bertz CT molecular complexity index is 6410. The lowest BCUT2D eigenvalue weighted by atomic mass is 10.1. The maximum Gasteiger partial charge on any atom is 0.306 e. The average Bonchev–Trinajstić information content (AvgIpc) is 1.66. The number of ether oxygens (including phenoxy) is 2. The fraction of sp³-hybridized carbons (Fsp3) is 0.324. The molecule has 4 atom stereocenters. The minimum atomic E-state index is -0.334. The highest BCUT2D eigenvalue weighted by Gasteiger charge is 2.24. The molecule has 8 aromatic carbocycles. The van der Waals surface area contributed by atoms with E-state index in [9.17, 15) is 14.4 Å². The number of rotatable bonds is 31. The summed E-state index contributed by atoms with van der Waals surface area (Å²) in [7, 11) is 2.82. The zero-order valence-corrected chi connectivity index (χ0v) is 86.0. The number of benzene rings is 8. The van der Waals surface area contributed by atoms with Gasteiger partial charge in [0.15, 0.2) is 0 Å². The van der Waals surface area contributed by atoms with Gasteiger partial charge in [-0.2, -0.15) is 0 Å². The van der Waals surface area contributed by atoms with Crippen molar-refractivity contribution in [1.29, 1.82) is 0 Å². The van der Waals surface area contributed by atoms with Gasteiger partial charge in [0.1, 0.15) is 71.2 Å². The highest BCUT2D eigenvalue weighted by molar-refractivity contribution is 9.09. The van der Waals surface area contributed by atoms with Crippen LogP contribution in [0, 0.1) is 0 Å². The summed E-state index contributed by atoms with van der Waals surface area (Å²) in [6.45, 7) is 29.5. The van der Waals surface area contributed by atoms with E-state index in [0.717, 1.165) is 249 Å². The molecule has 0 bridgehead atoms. The number of nitrogens with zero attached hydrogens (tertiary/aromatic N) is 13. The highest BCUT2D eigenvalue weighted by atomic mass is 79.9. The monoisotopic (exact) mass is 2060 g/mol. The predicted octanol–water partition coefficient (Wildman–Crippen LogP) is 17.5. The van der Waals surface area contributed by atoms with Crippen LogP contribution in [-0.4, -0.2) is 250 Å². The number of aromatic nitrogens is 12. The number of amides is 1. The van der Waals surface area contributed by atoms with Crippen LogP contribution >= 0.6 is 27.5 Å². The van der Waals surface area contributed by atoms with Gasteiger partial charge in [0.25, 0.3) is 0 Å². The summed E-state index contributed by atoms with van der Waals surface area (Å²) in [6, 6.07) is 84.9. The van der Waals surface area contributed by atoms with Crippen LogP contribution < -0.4 is 48.6 Å². The first-order chi connectivity index (χ1) is 71.5. The number of esters is 2. The van der Waals surface area contributed by atoms with Crippen molar-refractivity contribution in [2.75, 3.05) is 159 Å². The standard InChI is InChI=1S/C29H34N6O2.C28H33N7O2.C25H28N6.C21H19ClN4.C4H7BrO2.C4H10N2.H3NO/c1-21(23-6-4-3-5-7-23)32-28-25-18-26(33-29(25)31-20-30-28)24-10-8-22(9-11-24)19-35-16-14-34(15-17-35)13-12-27(36)37-2;1-20(22-5-3-2-4-6-22)31-27-24-17-25(32-28(24)30-19-29-27)23-9-7-21(8-10-23)18-35-15-13-34(14-16-35)12-11-26(36)33-37;1-18(20-5-3-2-4-6-20)29-24-22-15-23(30-25(22)28-17-27-24)21-9-7-19(8-10-21)16-31-13-11-26-12-14-31;1-14(16-5-3-2-4-6-16)25-20-18-11-19(26-21(18)24-13-23-20)17-9-7-15(12-22)8-10-17;1-7-4(6)2-3-5;1-2-6-4-3-5-1;1-2/h3-11,18,20-21H,12-17,19H2,1-2H3,(H2,30,31,32,33);2-10,17,19-20,37H,11-16,18H2,1H3,(H,33,36)(H2,29,30,31,32);2-10,15,17-18,26H,11-14,16H2,1H3,(H2,27,28,29,30);2-11,13-14H,12H2,1H3,(H2,23,24,25,26);2-3H2,1H3;5-6H,1-4H2;2H,1H2/t21-;20-;18-;14-;;;/m1111.../s1. The van der Waals surface area contributed by atoms with E-state index in [1.807, 2.05) is 60.7 Å². The second kappa shape index (κ2) is 56.6. The van der Waals surface area contributed by atoms with Gasteiger partial charge in [-0.3, -0.25) is 34.3 Å². The van der Waals surface area contributed by atoms with E-state index in [0.29, 0.717) is 37.0 Å². The van der Waals surface area contributed by atoms with Gasteiger partial charge in [-0.15, -0.1) is 11.6 Å². The van der Waals surface area contributed by atoms with Crippen molar-refractivity contribution < 1.29 is 34.3 Å². The molecule has 4 fully saturated rings. The molecule has 0 spiro atoms. The lowest BCUT2D eigenvalue weighted by Gasteiger charge is -2.34. The molecular formula is C111H134BrClN26O7. The lowest BCUT2D eigenvalue weighted by molar-refractivity contribution is -0.141. The van der Waals surface area contributed by atoms with E-state index < -0.39 is 0 Å². The fourth-order valence-electron chi connectivity index (χ4n) is 17.5. The van der Waals surface area contributed by atoms with Gasteiger partial charge >= 0.3 is 11.9 Å². The Balaban J connectivity index is 0.000000147. The van der Waals surface area contributed by atoms with E-state index >= 15 is 0 Å². The number of carbonyl (C=O) groups is 3. The van der Waals surface area contributed by atoms with Gasteiger partial charge in [0.2, 0.25) is 5.91 Å². The predicted molar refractivity (Wildman–Crippen MR) is 586 cm³/mol. The summed E-state index contributed by atoms with van der Waals surface area (Å²) < 4.78 is 9.07. The van der Waals surface area contributed by atoms with Crippen molar-refractivity contribution in [2.24, 2.45) is 5.90 Å². The molecule has 8 aromatic heterocycles. The quantitative estimate of drug-likeness (QED) is 0.00830. The first kappa shape index (κ1) is 108. The summed E-state index contributed by atoms with van der Waals surface area (Å²) in [4.78, 5) is 94.2. The van der Waals surface area contributed by atoms with Crippen LogP contribution in [-0.2, 0) is 49.4 Å². The molecule has 12 heterocycles. The number of aromatic amines is 4. The molecular weight excluding hydrogens is 1920 g/mol. The number of methoxy groups -OCH3 is 2. The topological polar surface area (TPSA) is 415 Å². The van der Waals surface area contributed by atoms with Crippen LogP contribution in [0.1, 0.15) is 116 Å². The van der Waals surface area contributed by atoms with Crippen LogP contribution in [0.4, 0.5) is 23.3 Å². The molecule has 764 valence electrons. The van der Waals surface area contributed by atoms with Crippen molar-refractivity contribution in [1.82, 2.24) is 106 Å². The van der Waals surface area contributed by atoms with Crippen LogP contribution in [0.15, 0.2) is 268 Å². The highest BCUT2D eigenvalue weighted by Crippen LogP contribution is 2.36. The van der Waals surface area contributed by atoms with Crippen LogP contribution in [0.25, 0.3) is 89.2 Å². The summed E-state index contributed by atoms with van der Waals surface area (Å²) in [6.07, 6.45) is 7.62. The zero-order valence-electron chi connectivity index (χ0n) is 83.7. The smallest absolute Gasteiger partial charge is 0.306 e. The van der Waals surface area contributed by atoms with Crippen LogP contribution in [0.2, 0.25) is 0 Å². The van der Waals surface area contributed by atoms with Crippen LogP contribution in [0.3, 0.4) is 0 Å². The lowest BCUT2D eigenvalue weighted by Crippen LogP contribution is -2.46. The van der Waals surface area contributed by atoms with E-state index in [1.165, 1.54) is 53.2 Å². The minimum Gasteiger partial charge on any atom is -0.469 e. The number of hydroxylamine groups is 1. The Hall–Kier alpha value is -13.8. The number of halogens is 2. The first-order valence-electron chi connectivity index (χ1n) is 49.7. The maximum atomic E-state index is 11.4. The molecule has 0 unspecified atom stereocenters. The molecule has 16 N–H and O–H groups in total. The Morgan fingerprint density at radius 2 is 0.616 bits per heavy atom. The number of alkyl halides is 2. The third kappa shape index (κ3) is 31.8. The van der Waals surface area contributed by atoms with Crippen molar-refractivity contribution in [3.05, 3.63) is 312 Å². The minimum absolute atomic E-state index is 0.124. The summed E-state index contributed by atoms with van der Waals surface area (Å²) in [5, 5.41) is 43.7. The normalized spacial score (nSPS) is 14.8. The van der Waals surface area contributed by atoms with Gasteiger partial charge < -0.3 is 81.6 Å². The number of hydrogen-bond acceptors (Lipinski definition) is 28. The van der Waals surface area contributed by atoms with E-state index in [-0.39, 0.29) is 42.0 Å². The summed E-state index contributed by atoms with van der Waals surface area (Å²) in [5.41, 5.74) is 23.4. The number of piperazine rings is 4. The zero-order chi connectivity index (χ0) is 102. The van der Waals surface area contributed by atoms with Gasteiger partial charge in [-0.25, -0.2) is 51.2 Å². The molecule has 20 rings (SSSR count). The molecule has 4 saturated heterocycles. The molecule has 0 saturated carbocycles. The Kier molecular flexibility index (Phi) is 41.8. The largest absolute Gasteiger partial charge is 0.469 e. The Morgan fingerprint density at radius 3 is 0.877 bits per heavy atom. The van der Waals surface area contributed by atoms with E-state index in [4.69, 9.17) is 26.8 Å². The second-order valence-electron chi connectivity index (χ2n) is 36.1. The number of hydrogen-bond donors (Lipinski definition) is 15. The second-order valence-corrected chi connectivity index (χ2v) is 37.1. The number of nitrogens with two attached hydrogens (primary N) is 1. The Labute approximate surface area is 866 Å². The third-order valence-electron chi connectivity index (χ3n) is 26.0. The fourth-order valence-corrected chi connectivity index (χ4v) is 18.0. The SMILES string of the molecule is C1CNCCN1.COC(=O)CCBr.COC(=O)CCN1CCN(Cc2ccc(-c3cc4c(N[C@H](C)c5ccccc5)ncnc4[nH]3)cc2)CC1.C[C@@H](Nc1ncnc2[nH]c(-c3ccc(CCl)cc3)cc12)c1ccccc1.C[C@@H](Nc1ncnc2[nH]c(-c3ccc(CN4CCN(CCC(=O)NO)CC4)cc3)cc12)c1ccccc1.C[C@@H](Nc1ncnc2[nH]c(-c3ccc(CN4CCNCC4)cc3)cc12)c1ccccc1.NO. The van der Waals surface area contributed by atoms with Crippen molar-refractivity contribution in [2.45, 2.75) is 96.6 Å². The van der Waals surface area contributed by atoms with Gasteiger partial charge in [-0.05, 0) is 119 Å². The molecule has 33 nitrogen and oxygen atoms in total. The average molecular weight is 2060 g/mol. The summed E-state index contributed by atoms with van der Waals surface area (Å²) in [5.74, 6) is 6.69. The molecule has 4 aliphatic heterocycles. The van der Waals surface area contributed by atoms with Crippen molar-refractivity contribution >= 4 is 113 Å². The molecule has 146 heavy (non-hydrogen) atoms. The maximum absolute atomic E-state index is 11.4. The molecule has 0 aliphatic carbocycles. The van der Waals surface area contributed by atoms with Gasteiger partial charge in [0.05, 0.1) is 48.6 Å². The number of carbonyl (C=O) groups excluding carboxylic acids is 3. The Morgan fingerprint density at radius 1 is 0.356 bits per heavy atom. The molecule has 4 aliphatic rings. The van der Waals surface area contributed by atoms with Crippen molar-refractivity contribution in [3.8, 4) is 45.0 Å². The molecule has 16 aromatic rings. The first-order valence-corrected chi connectivity index (χ1v) is 51.3. The summed E-state index contributed by atoms with van der Waals surface area (Å²) >= 11 is 8.96. The number of H-pyrrole nitrogens is 4. The van der Waals surface area contributed by atoms with Gasteiger partial charge in [-0.1, -0.05) is 234 Å². The van der Waals surface area contributed by atoms with E-state index in [1.54, 1.807) is 30.8 Å². The third-order valence-corrected chi connectivity index (χ3v) is 26.7. The number of anilines is 4. The molecule has 0 radical (unpaired) electrons. The number of fused-ring (bicyclic) bond motifs is 4. The van der Waals surface area contributed by atoms with Crippen LogP contribution in [0.5, 0.6) is 0 Å². The number of nitrogens with one attached hydrogen (secondary N) is 12. The van der Waals surface area contributed by atoms with Crippen molar-refractivity contribution in [3.63, 3.8) is 0 Å². The van der Waals surface area contributed by atoms with Gasteiger partial charge in [0, 0.05) is 202 Å².